The van der Waals surface area contributed by atoms with Crippen molar-refractivity contribution < 1.29 is 13.2 Å². The summed E-state index contributed by atoms with van der Waals surface area (Å²) < 4.78 is 23.2. The number of halogens is 1. The molecular weight excluding hydrogens is 376 g/mol. The van der Waals surface area contributed by atoms with Crippen LogP contribution in [0.5, 0.6) is 0 Å². The van der Waals surface area contributed by atoms with E-state index in [1.807, 2.05) is 18.2 Å². The Labute approximate surface area is 157 Å². The average molecular weight is 395 g/mol. The number of carbonyl (C=O) groups excluding carboxylic acids is 1. The van der Waals surface area contributed by atoms with E-state index >= 15 is 0 Å². The molecule has 0 aliphatic carbocycles. The number of anilines is 1. The Morgan fingerprint density at radius 1 is 1.27 bits per heavy atom. The van der Waals surface area contributed by atoms with Crippen molar-refractivity contribution in [1.29, 1.82) is 0 Å². The number of carbonyl (C=O) groups is 1. The summed E-state index contributed by atoms with van der Waals surface area (Å²) in [5, 5.41) is 11.4. The lowest BCUT2D eigenvalue weighted by Crippen LogP contribution is -2.33. The van der Waals surface area contributed by atoms with Crippen LogP contribution in [0.3, 0.4) is 0 Å². The van der Waals surface area contributed by atoms with Crippen LogP contribution in [0.25, 0.3) is 0 Å². The fourth-order valence-electron chi connectivity index (χ4n) is 2.81. The Balaban J connectivity index is 1.62. The fourth-order valence-corrected chi connectivity index (χ4v) is 4.79. The number of hydrogen-bond donors (Lipinski definition) is 1. The Bertz CT molecular complexity index is 902. The minimum absolute atomic E-state index is 0.116. The van der Waals surface area contributed by atoms with Crippen LogP contribution in [0.4, 0.5) is 5.82 Å². The Hall–Kier alpha value is -2.19. The van der Waals surface area contributed by atoms with Crippen LogP contribution in [0.15, 0.2) is 36.4 Å². The monoisotopic (exact) mass is 394 g/mol. The maximum atomic E-state index is 12.2. The lowest BCUT2D eigenvalue weighted by molar-refractivity contribution is 0.0945. The van der Waals surface area contributed by atoms with E-state index in [9.17, 15) is 13.2 Å². The van der Waals surface area contributed by atoms with Gasteiger partial charge in [0.2, 0.25) is 0 Å². The highest BCUT2D eigenvalue weighted by atomic mass is 35.5. The van der Waals surface area contributed by atoms with Gasteiger partial charge in [0.15, 0.2) is 21.3 Å². The molecule has 1 aromatic carbocycles. The van der Waals surface area contributed by atoms with Crippen molar-refractivity contribution in [3.63, 3.8) is 0 Å². The van der Waals surface area contributed by atoms with Crippen molar-refractivity contribution in [1.82, 2.24) is 15.5 Å². The van der Waals surface area contributed by atoms with Crippen LogP contribution < -0.4 is 10.2 Å². The number of hydrogen-bond acceptors (Lipinski definition) is 6. The van der Waals surface area contributed by atoms with Crippen LogP contribution in [-0.2, 0) is 16.4 Å². The molecule has 2 heterocycles. The molecule has 0 radical (unpaired) electrons. The summed E-state index contributed by atoms with van der Waals surface area (Å²) in [5.74, 6) is 0.494. The SMILES string of the molecule is CN(c1ccc(C(=O)NCc2ccccc2Cl)nn1)C1CCS(=O)(=O)C1. The van der Waals surface area contributed by atoms with Gasteiger partial charge in [-0.15, -0.1) is 10.2 Å². The third kappa shape index (κ3) is 4.31. The van der Waals surface area contributed by atoms with Gasteiger partial charge in [-0.25, -0.2) is 8.42 Å². The second-order valence-electron chi connectivity index (χ2n) is 6.22. The molecule has 0 bridgehead atoms. The van der Waals surface area contributed by atoms with Crippen LogP contribution >= 0.6 is 11.6 Å². The van der Waals surface area contributed by atoms with Gasteiger partial charge in [0, 0.05) is 24.7 Å². The minimum atomic E-state index is -2.97. The number of amides is 1. The van der Waals surface area contributed by atoms with Gasteiger partial charge in [0.1, 0.15) is 0 Å². The molecule has 3 rings (SSSR count). The third-order valence-corrected chi connectivity index (χ3v) is 6.52. The van der Waals surface area contributed by atoms with E-state index in [0.717, 1.165) is 5.56 Å². The van der Waals surface area contributed by atoms with Crippen molar-refractivity contribution >= 4 is 33.2 Å². The number of nitrogens with one attached hydrogen (secondary N) is 1. The highest BCUT2D eigenvalue weighted by Crippen LogP contribution is 2.21. The van der Waals surface area contributed by atoms with Gasteiger partial charge in [-0.2, -0.15) is 0 Å². The summed E-state index contributed by atoms with van der Waals surface area (Å²) in [6, 6.07) is 10.4. The third-order valence-electron chi connectivity index (χ3n) is 4.40. The summed E-state index contributed by atoms with van der Waals surface area (Å²) in [4.78, 5) is 14.0. The Morgan fingerprint density at radius 2 is 2.04 bits per heavy atom. The molecule has 1 aliphatic heterocycles. The average Bonchev–Trinajstić information content (AvgIpc) is 3.00. The molecule has 0 spiro atoms. The van der Waals surface area contributed by atoms with Crippen molar-refractivity contribution in [2.24, 2.45) is 0 Å². The molecule has 7 nitrogen and oxygen atoms in total. The zero-order valence-corrected chi connectivity index (χ0v) is 15.8. The van der Waals surface area contributed by atoms with Gasteiger partial charge in [-0.1, -0.05) is 29.8 Å². The molecule has 1 unspecified atom stereocenters. The quantitative estimate of drug-likeness (QED) is 0.829. The molecule has 1 aliphatic rings. The van der Waals surface area contributed by atoms with Gasteiger partial charge >= 0.3 is 0 Å². The highest BCUT2D eigenvalue weighted by Gasteiger charge is 2.31. The molecule has 9 heteroatoms. The maximum Gasteiger partial charge on any atom is 0.272 e. The van der Waals surface area contributed by atoms with E-state index in [1.165, 1.54) is 0 Å². The summed E-state index contributed by atoms with van der Waals surface area (Å²) in [7, 11) is -1.19. The smallest absolute Gasteiger partial charge is 0.272 e. The summed E-state index contributed by atoms with van der Waals surface area (Å²) >= 11 is 6.06. The van der Waals surface area contributed by atoms with E-state index in [0.29, 0.717) is 23.8 Å². The fraction of sp³-hybridized carbons (Fsp3) is 0.353. The zero-order valence-electron chi connectivity index (χ0n) is 14.2. The van der Waals surface area contributed by atoms with Gasteiger partial charge in [0.05, 0.1) is 11.5 Å². The number of rotatable bonds is 5. The predicted octanol–water partition coefficient (Wildman–Crippen LogP) is 1.68. The largest absolute Gasteiger partial charge is 0.354 e. The first-order valence-electron chi connectivity index (χ1n) is 8.14. The zero-order chi connectivity index (χ0) is 18.7. The lowest BCUT2D eigenvalue weighted by Gasteiger charge is -2.23. The van der Waals surface area contributed by atoms with Crippen molar-refractivity contribution in [3.8, 4) is 0 Å². The first kappa shape index (κ1) is 18.6. The Morgan fingerprint density at radius 3 is 2.65 bits per heavy atom. The second-order valence-corrected chi connectivity index (χ2v) is 8.85. The molecule has 1 aromatic heterocycles. The molecule has 0 saturated carbocycles. The van der Waals surface area contributed by atoms with Crippen LogP contribution in [0.1, 0.15) is 22.5 Å². The van der Waals surface area contributed by atoms with E-state index in [1.54, 1.807) is 30.1 Å². The van der Waals surface area contributed by atoms with E-state index in [4.69, 9.17) is 11.6 Å². The molecule has 2 aromatic rings. The first-order chi connectivity index (χ1) is 12.4. The molecule has 1 atom stereocenters. The topological polar surface area (TPSA) is 92.3 Å². The molecule has 1 fully saturated rings. The van der Waals surface area contributed by atoms with Crippen LogP contribution in [0, 0.1) is 0 Å². The minimum Gasteiger partial charge on any atom is -0.354 e. The molecule has 1 saturated heterocycles. The Kier molecular flexibility index (Phi) is 5.43. The highest BCUT2D eigenvalue weighted by molar-refractivity contribution is 7.91. The van der Waals surface area contributed by atoms with E-state index in [2.05, 4.69) is 15.5 Å². The summed E-state index contributed by atoms with van der Waals surface area (Å²) in [5.41, 5.74) is 1.00. The second kappa shape index (κ2) is 7.59. The van der Waals surface area contributed by atoms with Crippen molar-refractivity contribution in [3.05, 3.63) is 52.7 Å². The standard InChI is InChI=1S/C17H19ClN4O3S/c1-22(13-8-9-26(24,25)11-13)16-7-6-15(20-21-16)17(23)19-10-12-4-2-3-5-14(12)18/h2-7,13H,8-11H2,1H3,(H,19,23). The van der Waals surface area contributed by atoms with Crippen LogP contribution in [-0.4, -0.2) is 49.1 Å². The van der Waals surface area contributed by atoms with Gasteiger partial charge in [0.25, 0.3) is 5.91 Å². The molecule has 26 heavy (non-hydrogen) atoms. The number of nitrogens with zero attached hydrogens (tertiary/aromatic N) is 3. The number of sulfone groups is 1. The molecular formula is C17H19ClN4O3S. The number of aromatic nitrogens is 2. The van der Waals surface area contributed by atoms with Gasteiger partial charge < -0.3 is 10.2 Å². The van der Waals surface area contributed by atoms with Crippen molar-refractivity contribution in [2.45, 2.75) is 19.0 Å². The molecule has 1 amide bonds. The van der Waals surface area contributed by atoms with Gasteiger partial charge in [-0.05, 0) is 30.2 Å². The van der Waals surface area contributed by atoms with E-state index in [-0.39, 0.29) is 29.1 Å². The summed E-state index contributed by atoms with van der Waals surface area (Å²) in [6.07, 6.45) is 0.570. The van der Waals surface area contributed by atoms with Gasteiger partial charge in [-0.3, -0.25) is 4.79 Å². The van der Waals surface area contributed by atoms with Crippen molar-refractivity contribution in [2.75, 3.05) is 23.5 Å². The maximum absolute atomic E-state index is 12.2. The van der Waals surface area contributed by atoms with E-state index < -0.39 is 9.84 Å². The van der Waals surface area contributed by atoms with Crippen LogP contribution in [0.2, 0.25) is 5.02 Å². The summed E-state index contributed by atoms with van der Waals surface area (Å²) in [6.45, 7) is 0.293. The normalized spacial score (nSPS) is 18.5. The molecule has 1 N–H and O–H groups in total. The predicted molar refractivity (Wildman–Crippen MR) is 100 cm³/mol. The first-order valence-corrected chi connectivity index (χ1v) is 10.3. The molecule has 138 valence electrons. The lowest BCUT2D eigenvalue weighted by atomic mass is 10.2. The number of benzene rings is 1.